The van der Waals surface area contributed by atoms with Crippen molar-refractivity contribution in [3.8, 4) is 0 Å². The lowest BCUT2D eigenvalue weighted by atomic mass is 10.2. The standard InChI is InChI=1S/C20H19N5OS3/c1-12-4-7-15-16(9-12)29-19(21-15)22-18(26)11-28-20-24-23-17(25(20)13-5-6-13)10-14-3-2-8-27-14/h2-4,7-9,13H,5-6,10-11H2,1H3,(H,21,22,26). The first-order chi connectivity index (χ1) is 14.2. The van der Waals surface area contributed by atoms with Crippen LogP contribution in [0, 0.1) is 6.92 Å². The van der Waals surface area contributed by atoms with Crippen molar-refractivity contribution in [1.82, 2.24) is 19.7 Å². The van der Waals surface area contributed by atoms with E-state index in [-0.39, 0.29) is 5.91 Å². The van der Waals surface area contributed by atoms with Gasteiger partial charge in [-0.2, -0.15) is 0 Å². The van der Waals surface area contributed by atoms with Crippen molar-refractivity contribution in [3.05, 3.63) is 52.0 Å². The highest BCUT2D eigenvalue weighted by Crippen LogP contribution is 2.39. The second-order valence-electron chi connectivity index (χ2n) is 7.08. The Balaban J connectivity index is 1.25. The van der Waals surface area contributed by atoms with Gasteiger partial charge in [0.1, 0.15) is 5.82 Å². The number of carbonyl (C=O) groups excluding carboxylic acids is 1. The van der Waals surface area contributed by atoms with Crippen molar-refractivity contribution in [3.63, 3.8) is 0 Å². The number of thioether (sulfide) groups is 1. The number of nitrogens with one attached hydrogen (secondary N) is 1. The van der Waals surface area contributed by atoms with Crippen molar-refractivity contribution in [2.45, 2.75) is 37.4 Å². The molecule has 0 spiro atoms. The Hall–Kier alpha value is -2.23. The normalized spacial score (nSPS) is 13.8. The molecule has 1 aliphatic rings. The molecule has 1 aromatic carbocycles. The van der Waals surface area contributed by atoms with E-state index in [4.69, 9.17) is 0 Å². The smallest absolute Gasteiger partial charge is 0.236 e. The second-order valence-corrected chi connectivity index (χ2v) is 10.1. The third-order valence-corrected chi connectivity index (χ3v) is 7.44. The van der Waals surface area contributed by atoms with Gasteiger partial charge in [0.15, 0.2) is 10.3 Å². The number of benzene rings is 1. The largest absolute Gasteiger partial charge is 0.303 e. The summed E-state index contributed by atoms with van der Waals surface area (Å²) in [5, 5.41) is 15.2. The monoisotopic (exact) mass is 441 g/mol. The number of anilines is 1. The first-order valence-corrected chi connectivity index (χ1v) is 12.1. The topological polar surface area (TPSA) is 72.7 Å². The van der Waals surface area contributed by atoms with E-state index >= 15 is 0 Å². The molecule has 9 heteroatoms. The number of aryl methyl sites for hydroxylation is 1. The third kappa shape index (κ3) is 4.22. The summed E-state index contributed by atoms with van der Waals surface area (Å²) in [4.78, 5) is 18.2. The lowest BCUT2D eigenvalue weighted by molar-refractivity contribution is -0.113. The molecule has 5 rings (SSSR count). The summed E-state index contributed by atoms with van der Waals surface area (Å²) < 4.78 is 3.30. The molecule has 0 aliphatic heterocycles. The van der Waals surface area contributed by atoms with Crippen LogP contribution in [0.1, 0.15) is 35.1 Å². The molecule has 0 saturated heterocycles. The molecule has 3 aromatic heterocycles. The maximum absolute atomic E-state index is 12.5. The van der Waals surface area contributed by atoms with Crippen LogP contribution in [0.25, 0.3) is 10.2 Å². The highest BCUT2D eigenvalue weighted by molar-refractivity contribution is 7.99. The van der Waals surface area contributed by atoms with Gasteiger partial charge < -0.3 is 9.88 Å². The van der Waals surface area contributed by atoms with Gasteiger partial charge in [0.05, 0.1) is 16.0 Å². The Labute approximate surface area is 180 Å². The molecule has 1 saturated carbocycles. The van der Waals surface area contributed by atoms with Crippen molar-refractivity contribution in [2.75, 3.05) is 11.1 Å². The predicted molar refractivity (Wildman–Crippen MR) is 119 cm³/mol. The minimum atomic E-state index is -0.0732. The van der Waals surface area contributed by atoms with Crippen LogP contribution in [0.5, 0.6) is 0 Å². The molecule has 6 nitrogen and oxygen atoms in total. The van der Waals surface area contributed by atoms with Crippen LogP contribution < -0.4 is 5.32 Å². The molecular weight excluding hydrogens is 422 g/mol. The fraction of sp³-hybridized carbons (Fsp3) is 0.300. The highest BCUT2D eigenvalue weighted by atomic mass is 32.2. The number of thiazole rings is 1. The summed E-state index contributed by atoms with van der Waals surface area (Å²) in [6.07, 6.45) is 3.10. The zero-order valence-corrected chi connectivity index (χ0v) is 18.2. The SMILES string of the molecule is Cc1ccc2nc(NC(=O)CSc3nnc(Cc4cccs4)n3C3CC3)sc2c1. The van der Waals surface area contributed by atoms with E-state index in [1.54, 1.807) is 11.3 Å². The number of rotatable bonds is 7. The van der Waals surface area contributed by atoms with E-state index in [2.05, 4.69) is 55.6 Å². The summed E-state index contributed by atoms with van der Waals surface area (Å²) in [6, 6.07) is 10.8. The molecule has 29 heavy (non-hydrogen) atoms. The van der Waals surface area contributed by atoms with Gasteiger partial charge in [0.25, 0.3) is 0 Å². The van der Waals surface area contributed by atoms with Crippen LogP contribution in [0.15, 0.2) is 40.9 Å². The minimum Gasteiger partial charge on any atom is -0.303 e. The zero-order valence-electron chi connectivity index (χ0n) is 15.8. The number of carbonyl (C=O) groups is 1. The molecule has 0 unspecified atom stereocenters. The molecule has 1 fully saturated rings. The van der Waals surface area contributed by atoms with E-state index in [9.17, 15) is 4.79 Å². The van der Waals surface area contributed by atoms with Gasteiger partial charge in [0.2, 0.25) is 5.91 Å². The summed E-state index contributed by atoms with van der Waals surface area (Å²) in [6.45, 7) is 2.05. The second kappa shape index (κ2) is 7.89. The van der Waals surface area contributed by atoms with Crippen LogP contribution in [0.2, 0.25) is 0 Å². The van der Waals surface area contributed by atoms with Gasteiger partial charge in [-0.25, -0.2) is 4.98 Å². The van der Waals surface area contributed by atoms with Crippen molar-refractivity contribution < 1.29 is 4.79 Å². The Morgan fingerprint density at radius 3 is 3.00 bits per heavy atom. The van der Waals surface area contributed by atoms with Gasteiger partial charge in [-0.3, -0.25) is 4.79 Å². The van der Waals surface area contributed by atoms with Gasteiger partial charge >= 0.3 is 0 Å². The zero-order chi connectivity index (χ0) is 19.8. The van der Waals surface area contributed by atoms with E-state index < -0.39 is 0 Å². The summed E-state index contributed by atoms with van der Waals surface area (Å²) >= 11 is 4.68. The summed E-state index contributed by atoms with van der Waals surface area (Å²) in [5.41, 5.74) is 2.10. The maximum Gasteiger partial charge on any atom is 0.236 e. The van der Waals surface area contributed by atoms with Crippen LogP contribution in [-0.4, -0.2) is 31.4 Å². The fourth-order valence-corrected chi connectivity index (χ4v) is 5.67. The fourth-order valence-electron chi connectivity index (χ4n) is 3.17. The number of hydrogen-bond donors (Lipinski definition) is 1. The summed E-state index contributed by atoms with van der Waals surface area (Å²) in [5.74, 6) is 1.20. The number of aromatic nitrogens is 4. The van der Waals surface area contributed by atoms with Crippen molar-refractivity contribution in [2.24, 2.45) is 0 Å². The molecule has 0 radical (unpaired) electrons. The third-order valence-electron chi connectivity index (χ3n) is 4.68. The molecule has 0 bridgehead atoms. The van der Waals surface area contributed by atoms with Gasteiger partial charge in [-0.15, -0.1) is 21.5 Å². The van der Waals surface area contributed by atoms with Crippen molar-refractivity contribution in [1.29, 1.82) is 0 Å². The molecule has 1 N–H and O–H groups in total. The average molecular weight is 442 g/mol. The van der Waals surface area contributed by atoms with E-state index in [1.165, 1.54) is 33.5 Å². The summed E-state index contributed by atoms with van der Waals surface area (Å²) in [7, 11) is 0. The Morgan fingerprint density at radius 1 is 1.31 bits per heavy atom. The average Bonchev–Trinajstić information content (AvgIpc) is 3.09. The van der Waals surface area contributed by atoms with Crippen molar-refractivity contribution >= 4 is 55.7 Å². The highest BCUT2D eigenvalue weighted by Gasteiger charge is 2.30. The molecule has 4 aromatic rings. The minimum absolute atomic E-state index is 0.0732. The molecular formula is C20H19N5OS3. The van der Waals surface area contributed by atoms with E-state index in [0.29, 0.717) is 16.9 Å². The Morgan fingerprint density at radius 2 is 2.21 bits per heavy atom. The van der Waals surface area contributed by atoms with Gasteiger partial charge in [-0.05, 0) is 48.9 Å². The lowest BCUT2D eigenvalue weighted by Gasteiger charge is -2.08. The van der Waals surface area contributed by atoms with Gasteiger partial charge in [0, 0.05) is 17.3 Å². The number of fused-ring (bicyclic) bond motifs is 1. The van der Waals surface area contributed by atoms with Gasteiger partial charge in [-0.1, -0.05) is 35.2 Å². The number of amides is 1. The van der Waals surface area contributed by atoms with E-state index in [0.717, 1.165) is 40.5 Å². The Kier molecular flexibility index (Phi) is 5.11. The molecule has 1 amide bonds. The van der Waals surface area contributed by atoms with Crippen LogP contribution in [-0.2, 0) is 11.2 Å². The Bertz CT molecular complexity index is 1160. The number of nitrogens with zero attached hydrogens (tertiary/aromatic N) is 4. The molecule has 3 heterocycles. The first kappa shape index (κ1) is 18.8. The molecule has 148 valence electrons. The maximum atomic E-state index is 12.5. The molecule has 1 aliphatic carbocycles. The van der Waals surface area contributed by atoms with E-state index in [1.807, 2.05) is 12.1 Å². The van der Waals surface area contributed by atoms with Crippen LogP contribution in [0.3, 0.4) is 0 Å². The number of hydrogen-bond acceptors (Lipinski definition) is 7. The molecule has 0 atom stereocenters. The predicted octanol–water partition coefficient (Wildman–Crippen LogP) is 4.91. The first-order valence-electron chi connectivity index (χ1n) is 9.42. The van der Waals surface area contributed by atoms with Crippen LogP contribution >= 0.6 is 34.4 Å². The number of thiophene rings is 1. The van der Waals surface area contributed by atoms with Crippen LogP contribution in [0.4, 0.5) is 5.13 Å². The quantitative estimate of drug-likeness (QED) is 0.412. The lowest BCUT2D eigenvalue weighted by Crippen LogP contribution is -2.14.